The summed E-state index contributed by atoms with van der Waals surface area (Å²) in [4.78, 5) is 0. The molecule has 0 radical (unpaired) electrons. The number of benzene rings is 5. The summed E-state index contributed by atoms with van der Waals surface area (Å²) in [5.74, 6) is 2.63. The molecule has 1 unspecified atom stereocenters. The van der Waals surface area contributed by atoms with Gasteiger partial charge in [-0.1, -0.05) is 98.1 Å². The Morgan fingerprint density at radius 2 is 1.22 bits per heavy atom. The second-order valence-electron chi connectivity index (χ2n) is 16.0. The highest BCUT2D eigenvalue weighted by atomic mass is 16.5. The molecule has 0 aromatic heterocycles. The van der Waals surface area contributed by atoms with Crippen molar-refractivity contribution < 1.29 is 23.7 Å². The Labute approximate surface area is 326 Å². The van der Waals surface area contributed by atoms with Crippen molar-refractivity contribution in [3.8, 4) is 28.4 Å². The maximum atomic E-state index is 7.66. The Balaban J connectivity index is 1.14. The fourth-order valence-corrected chi connectivity index (χ4v) is 10.5. The molecule has 2 saturated carbocycles. The molecule has 4 aliphatic rings. The molecule has 5 aromatic rings. The van der Waals surface area contributed by atoms with Gasteiger partial charge in [-0.15, -0.1) is 0 Å². The first-order valence-corrected chi connectivity index (χ1v) is 20.8. The lowest BCUT2D eigenvalue weighted by Crippen LogP contribution is -2.39. The van der Waals surface area contributed by atoms with E-state index in [2.05, 4.69) is 97.1 Å². The van der Waals surface area contributed by atoms with Crippen LogP contribution in [-0.2, 0) is 20.5 Å². The highest BCUT2D eigenvalue weighted by molar-refractivity contribution is 6.08. The summed E-state index contributed by atoms with van der Waals surface area (Å²) in [6, 6.07) is 35.1. The van der Waals surface area contributed by atoms with Gasteiger partial charge in [0.05, 0.1) is 26.4 Å². The van der Waals surface area contributed by atoms with Crippen molar-refractivity contribution in [2.24, 2.45) is 5.41 Å². The SMILES string of the molecule is CCOCCOCCOc1ccc(C2(c3ccc(OCC)cc3)C=Cc3c4c(c5ccccc5c3O2)-c2ccccc2C42CCC3(CCCCC3)CC2)cc1. The van der Waals surface area contributed by atoms with Crippen LogP contribution in [0.25, 0.3) is 28.0 Å². The van der Waals surface area contributed by atoms with Crippen LogP contribution in [0, 0.1) is 5.41 Å². The van der Waals surface area contributed by atoms with E-state index in [1.807, 2.05) is 26.0 Å². The Hall–Kier alpha value is -4.58. The molecule has 1 aliphatic heterocycles. The van der Waals surface area contributed by atoms with Gasteiger partial charge >= 0.3 is 0 Å². The van der Waals surface area contributed by atoms with E-state index in [9.17, 15) is 0 Å². The Bertz CT molecular complexity index is 2150. The van der Waals surface area contributed by atoms with Gasteiger partial charge < -0.3 is 23.7 Å². The zero-order valence-corrected chi connectivity index (χ0v) is 32.5. The minimum absolute atomic E-state index is 0.0265. The highest BCUT2D eigenvalue weighted by Crippen LogP contribution is 2.65. The first kappa shape index (κ1) is 36.1. The molecule has 0 bridgehead atoms. The van der Waals surface area contributed by atoms with Crippen LogP contribution in [0.2, 0.25) is 0 Å². The number of hydrogen-bond donors (Lipinski definition) is 0. The van der Waals surface area contributed by atoms with Crippen LogP contribution in [0.3, 0.4) is 0 Å². The molecule has 5 heteroatoms. The maximum Gasteiger partial charge on any atom is 0.178 e. The number of hydrogen-bond acceptors (Lipinski definition) is 5. The fourth-order valence-electron chi connectivity index (χ4n) is 10.5. The van der Waals surface area contributed by atoms with E-state index >= 15 is 0 Å². The second-order valence-corrected chi connectivity index (χ2v) is 16.0. The number of rotatable bonds is 12. The summed E-state index contributed by atoms with van der Waals surface area (Å²) in [6.07, 6.45) is 16.7. The van der Waals surface area contributed by atoms with Gasteiger partial charge in [0, 0.05) is 34.1 Å². The zero-order valence-electron chi connectivity index (χ0n) is 32.5. The van der Waals surface area contributed by atoms with Gasteiger partial charge in [-0.2, -0.15) is 0 Å². The van der Waals surface area contributed by atoms with Crippen molar-refractivity contribution >= 4 is 16.8 Å². The quantitative estimate of drug-likeness (QED) is 0.119. The van der Waals surface area contributed by atoms with Gasteiger partial charge in [-0.3, -0.25) is 0 Å². The Morgan fingerprint density at radius 3 is 1.93 bits per heavy atom. The first-order valence-electron chi connectivity index (χ1n) is 20.8. The van der Waals surface area contributed by atoms with Crippen LogP contribution in [0.1, 0.15) is 99.5 Å². The van der Waals surface area contributed by atoms with Gasteiger partial charge in [0.15, 0.2) is 5.60 Å². The minimum Gasteiger partial charge on any atom is -0.494 e. The van der Waals surface area contributed by atoms with Gasteiger partial charge in [-0.05, 0) is 116 Å². The Kier molecular flexibility index (Phi) is 9.95. The second kappa shape index (κ2) is 15.2. The van der Waals surface area contributed by atoms with E-state index in [4.69, 9.17) is 23.7 Å². The third-order valence-corrected chi connectivity index (χ3v) is 13.2. The monoisotopic (exact) mass is 734 g/mol. The van der Waals surface area contributed by atoms with E-state index in [-0.39, 0.29) is 5.41 Å². The molecule has 9 rings (SSSR count). The molecule has 1 heterocycles. The molecule has 55 heavy (non-hydrogen) atoms. The predicted molar refractivity (Wildman–Crippen MR) is 221 cm³/mol. The third-order valence-electron chi connectivity index (χ3n) is 13.2. The van der Waals surface area contributed by atoms with Crippen LogP contribution in [0.5, 0.6) is 17.2 Å². The lowest BCUT2D eigenvalue weighted by Gasteiger charge is -2.48. The van der Waals surface area contributed by atoms with Crippen molar-refractivity contribution in [3.05, 3.63) is 131 Å². The largest absolute Gasteiger partial charge is 0.494 e. The normalized spacial score (nSPS) is 20.2. The van der Waals surface area contributed by atoms with E-state index < -0.39 is 5.60 Å². The van der Waals surface area contributed by atoms with Crippen LogP contribution < -0.4 is 14.2 Å². The molecular weight excluding hydrogens is 681 g/mol. The summed E-state index contributed by atoms with van der Waals surface area (Å²) in [6.45, 7) is 7.48. The van der Waals surface area contributed by atoms with Crippen LogP contribution >= 0.6 is 0 Å². The smallest absolute Gasteiger partial charge is 0.178 e. The third kappa shape index (κ3) is 6.34. The van der Waals surface area contributed by atoms with Crippen molar-refractivity contribution in [2.75, 3.05) is 39.6 Å². The van der Waals surface area contributed by atoms with E-state index in [0.29, 0.717) is 45.1 Å². The number of ether oxygens (including phenoxy) is 5. The van der Waals surface area contributed by atoms with Crippen LogP contribution in [-0.4, -0.2) is 39.6 Å². The molecule has 5 aromatic carbocycles. The first-order chi connectivity index (χ1) is 27.1. The molecule has 0 amide bonds. The summed E-state index contributed by atoms with van der Waals surface area (Å²) in [5, 5.41) is 2.44. The lowest BCUT2D eigenvalue weighted by atomic mass is 9.56. The topological polar surface area (TPSA) is 46.2 Å². The minimum atomic E-state index is -0.868. The van der Waals surface area contributed by atoms with Gasteiger partial charge in [-0.25, -0.2) is 0 Å². The summed E-state index contributed by atoms with van der Waals surface area (Å²) in [5.41, 5.74) is 8.77. The van der Waals surface area contributed by atoms with Crippen molar-refractivity contribution in [2.45, 2.75) is 82.7 Å². The summed E-state index contributed by atoms with van der Waals surface area (Å²) in [7, 11) is 0. The summed E-state index contributed by atoms with van der Waals surface area (Å²) < 4.78 is 30.7. The Morgan fingerprint density at radius 1 is 0.582 bits per heavy atom. The van der Waals surface area contributed by atoms with Gasteiger partial charge in [0.2, 0.25) is 0 Å². The fraction of sp³-hybridized carbons (Fsp3) is 0.400. The molecule has 0 N–H and O–H groups in total. The predicted octanol–water partition coefficient (Wildman–Crippen LogP) is 11.8. The average molecular weight is 735 g/mol. The summed E-state index contributed by atoms with van der Waals surface area (Å²) >= 11 is 0. The highest BCUT2D eigenvalue weighted by Gasteiger charge is 2.52. The number of fused-ring (bicyclic) bond motifs is 10. The van der Waals surface area contributed by atoms with Crippen molar-refractivity contribution in [3.63, 3.8) is 0 Å². The van der Waals surface area contributed by atoms with Gasteiger partial charge in [0.25, 0.3) is 0 Å². The molecular formula is C50H54O5. The maximum absolute atomic E-state index is 7.66. The molecule has 1 atom stereocenters. The van der Waals surface area contributed by atoms with Crippen molar-refractivity contribution in [1.82, 2.24) is 0 Å². The van der Waals surface area contributed by atoms with Crippen molar-refractivity contribution in [1.29, 1.82) is 0 Å². The standard InChI is InChI=1S/C50H54O5/c1-3-51-32-33-52-34-35-54-39-22-18-37(19-23-39)50(36-16-20-38(21-17-36)53-4-2)27-24-43-46-45(40-12-6-7-13-41(40)47(43)55-50)42-14-8-9-15-44(42)49(46)30-28-48(29-31-49)25-10-5-11-26-48/h6-9,12-24,27H,3-5,10-11,25-26,28-35H2,1-2H3. The van der Waals surface area contributed by atoms with Crippen LogP contribution in [0.4, 0.5) is 0 Å². The van der Waals surface area contributed by atoms with Crippen LogP contribution in [0.15, 0.2) is 103 Å². The molecule has 284 valence electrons. The van der Waals surface area contributed by atoms with E-state index in [1.54, 1.807) is 0 Å². The molecule has 0 saturated heterocycles. The van der Waals surface area contributed by atoms with E-state index in [0.717, 1.165) is 33.8 Å². The molecule has 2 fully saturated rings. The average Bonchev–Trinajstić information content (AvgIpc) is 3.52. The van der Waals surface area contributed by atoms with E-state index in [1.165, 1.54) is 91.0 Å². The zero-order chi connectivity index (χ0) is 37.3. The molecule has 2 spiro atoms. The molecule has 3 aliphatic carbocycles. The lowest BCUT2D eigenvalue weighted by molar-refractivity contribution is 0.0405. The van der Waals surface area contributed by atoms with Gasteiger partial charge in [0.1, 0.15) is 23.9 Å². The molecule has 5 nitrogen and oxygen atoms in total.